The molecule has 0 bridgehead atoms. The topological polar surface area (TPSA) is 96.0 Å². The highest BCUT2D eigenvalue weighted by Crippen LogP contribution is 2.40. The van der Waals surface area contributed by atoms with Crippen LogP contribution in [-0.2, 0) is 5.72 Å². The number of hydrogen-bond acceptors (Lipinski definition) is 5. The Kier molecular flexibility index (Phi) is 4.44. The summed E-state index contributed by atoms with van der Waals surface area (Å²) in [5, 5.41) is 25.4. The van der Waals surface area contributed by atoms with Gasteiger partial charge in [-0.05, 0) is 6.07 Å². The van der Waals surface area contributed by atoms with Gasteiger partial charge in [-0.3, -0.25) is 14.9 Å². The molecular weight excluding hydrogens is 367 g/mol. The maximum absolute atomic E-state index is 13.2. The number of nitrogens with zero attached hydrogens (tertiary/aromatic N) is 3. The number of halogens is 3. The molecule has 1 atom stereocenters. The number of nitro benzene ring substituents is 1. The van der Waals surface area contributed by atoms with Gasteiger partial charge in [0.05, 0.1) is 11.3 Å². The minimum absolute atomic E-state index is 0.0341. The van der Waals surface area contributed by atoms with Gasteiger partial charge in [-0.25, -0.2) is 0 Å². The number of non-ortho nitro benzene ring substituents is 1. The summed E-state index contributed by atoms with van der Waals surface area (Å²) in [6.07, 6.45) is -5.80. The number of rotatable bonds is 3. The smallest absolute Gasteiger partial charge is 0.365 e. The van der Waals surface area contributed by atoms with Crippen LogP contribution < -0.4 is 0 Å². The van der Waals surface area contributed by atoms with Crippen molar-refractivity contribution in [1.29, 1.82) is 0 Å². The number of hydrazone groups is 1. The second-order valence-electron chi connectivity index (χ2n) is 5.83. The highest BCUT2D eigenvalue weighted by atomic mass is 19.4. The van der Waals surface area contributed by atoms with E-state index in [4.69, 9.17) is 0 Å². The van der Waals surface area contributed by atoms with Crippen molar-refractivity contribution in [2.24, 2.45) is 5.10 Å². The molecule has 1 unspecified atom stereocenters. The lowest BCUT2D eigenvalue weighted by atomic mass is 9.96. The van der Waals surface area contributed by atoms with E-state index in [1.165, 1.54) is 36.4 Å². The zero-order chi connectivity index (χ0) is 19.8. The van der Waals surface area contributed by atoms with Crippen LogP contribution in [0.3, 0.4) is 0 Å². The Morgan fingerprint density at radius 3 is 2.44 bits per heavy atom. The first-order chi connectivity index (χ1) is 12.6. The fraction of sp³-hybridized carbons (Fsp3) is 0.176. The molecule has 0 saturated carbocycles. The highest BCUT2D eigenvalue weighted by molar-refractivity contribution is 6.00. The summed E-state index contributed by atoms with van der Waals surface area (Å²) in [6.45, 7) is 0. The van der Waals surface area contributed by atoms with Gasteiger partial charge in [0.15, 0.2) is 5.72 Å². The van der Waals surface area contributed by atoms with Crippen LogP contribution in [0.5, 0.6) is 0 Å². The number of benzene rings is 2. The fourth-order valence-corrected chi connectivity index (χ4v) is 2.72. The lowest BCUT2D eigenvalue weighted by Crippen LogP contribution is -2.43. The molecule has 2 aromatic carbocycles. The molecule has 27 heavy (non-hydrogen) atoms. The molecule has 0 aromatic heterocycles. The first-order valence-electron chi connectivity index (χ1n) is 7.64. The van der Waals surface area contributed by atoms with E-state index >= 15 is 0 Å². The molecule has 0 spiro atoms. The van der Waals surface area contributed by atoms with Crippen molar-refractivity contribution in [2.45, 2.75) is 18.3 Å². The predicted molar refractivity (Wildman–Crippen MR) is 87.7 cm³/mol. The number of hydrogen-bond donors (Lipinski definition) is 1. The third-order valence-corrected chi connectivity index (χ3v) is 4.04. The number of carbonyl (C=O) groups excluding carboxylic acids is 1. The third kappa shape index (κ3) is 3.38. The third-order valence-electron chi connectivity index (χ3n) is 4.04. The lowest BCUT2D eigenvalue weighted by Gasteiger charge is -2.31. The molecule has 2 aromatic rings. The van der Waals surface area contributed by atoms with E-state index in [0.717, 1.165) is 12.1 Å². The molecule has 1 aliphatic heterocycles. The second kappa shape index (κ2) is 6.47. The number of nitro groups is 1. The van der Waals surface area contributed by atoms with Gasteiger partial charge in [0.2, 0.25) is 0 Å². The molecule has 3 rings (SSSR count). The van der Waals surface area contributed by atoms with Gasteiger partial charge in [-0.1, -0.05) is 36.4 Å². The van der Waals surface area contributed by atoms with Crippen LogP contribution in [0.4, 0.5) is 18.9 Å². The fourth-order valence-electron chi connectivity index (χ4n) is 2.72. The van der Waals surface area contributed by atoms with E-state index in [-0.39, 0.29) is 11.1 Å². The first-order valence-corrected chi connectivity index (χ1v) is 7.64. The summed E-state index contributed by atoms with van der Waals surface area (Å²) in [4.78, 5) is 22.9. The van der Waals surface area contributed by atoms with Gasteiger partial charge in [0, 0.05) is 23.3 Å². The number of carbonyl (C=O) groups is 1. The van der Waals surface area contributed by atoms with Crippen LogP contribution in [0.1, 0.15) is 22.3 Å². The van der Waals surface area contributed by atoms with E-state index in [1.807, 2.05) is 0 Å². The van der Waals surface area contributed by atoms with Gasteiger partial charge in [-0.15, -0.1) is 0 Å². The van der Waals surface area contributed by atoms with Crippen LogP contribution in [-0.4, -0.2) is 32.8 Å². The van der Waals surface area contributed by atoms with Crippen LogP contribution in [0.2, 0.25) is 0 Å². The maximum Gasteiger partial charge on any atom is 0.431 e. The van der Waals surface area contributed by atoms with Crippen molar-refractivity contribution >= 4 is 17.3 Å². The van der Waals surface area contributed by atoms with Gasteiger partial charge in [-0.2, -0.15) is 23.3 Å². The zero-order valence-electron chi connectivity index (χ0n) is 13.6. The Morgan fingerprint density at radius 1 is 1.19 bits per heavy atom. The zero-order valence-corrected chi connectivity index (χ0v) is 13.6. The summed E-state index contributed by atoms with van der Waals surface area (Å²) in [5.74, 6) is -1.09. The largest absolute Gasteiger partial charge is 0.431 e. The number of aliphatic hydroxyl groups is 1. The maximum atomic E-state index is 13.2. The first kappa shape index (κ1) is 18.5. The molecule has 7 nitrogen and oxygen atoms in total. The summed E-state index contributed by atoms with van der Waals surface area (Å²) < 4.78 is 39.5. The van der Waals surface area contributed by atoms with Crippen molar-refractivity contribution in [3.05, 3.63) is 75.8 Å². The van der Waals surface area contributed by atoms with E-state index in [0.29, 0.717) is 5.01 Å². The Bertz CT molecular complexity index is 931. The number of amides is 1. The molecule has 1 heterocycles. The molecular formula is C17H12F3N3O4. The SMILES string of the molecule is O=C(c1cccc([N+](=O)[O-])c1)N1N=C(C(F)(F)F)CC1(O)c1ccccc1. The monoisotopic (exact) mass is 379 g/mol. The molecule has 140 valence electrons. The van der Waals surface area contributed by atoms with Gasteiger partial charge in [0.1, 0.15) is 5.71 Å². The van der Waals surface area contributed by atoms with E-state index in [2.05, 4.69) is 5.10 Å². The Balaban J connectivity index is 2.08. The molecule has 0 saturated heterocycles. The molecule has 0 fully saturated rings. The van der Waals surface area contributed by atoms with Crippen molar-refractivity contribution in [3.63, 3.8) is 0 Å². The predicted octanol–water partition coefficient (Wildman–Crippen LogP) is 3.20. The van der Waals surface area contributed by atoms with Crippen LogP contribution in [0.25, 0.3) is 0 Å². The minimum Gasteiger partial charge on any atom is -0.365 e. The van der Waals surface area contributed by atoms with Gasteiger partial charge in [0.25, 0.3) is 11.6 Å². The average Bonchev–Trinajstić information content (AvgIpc) is 3.01. The van der Waals surface area contributed by atoms with Crippen LogP contribution >= 0.6 is 0 Å². The Hall–Kier alpha value is -3.27. The standard InChI is InChI=1S/C17H12F3N3O4/c18-17(19,20)14-10-16(25,12-6-2-1-3-7-12)22(21-14)15(24)11-5-4-8-13(9-11)23(26)27/h1-9,25H,10H2. The van der Waals surface area contributed by atoms with Crippen molar-refractivity contribution in [2.75, 3.05) is 0 Å². The normalized spacial score (nSPS) is 19.7. The molecule has 1 amide bonds. The second-order valence-corrected chi connectivity index (χ2v) is 5.83. The molecule has 0 aliphatic carbocycles. The van der Waals surface area contributed by atoms with Crippen LogP contribution in [0.15, 0.2) is 59.7 Å². The summed E-state index contributed by atoms with van der Waals surface area (Å²) >= 11 is 0. The summed E-state index contributed by atoms with van der Waals surface area (Å²) in [7, 11) is 0. The van der Waals surface area contributed by atoms with E-state index in [1.54, 1.807) is 6.07 Å². The average molecular weight is 379 g/mol. The number of alkyl halides is 3. The molecule has 1 N–H and O–H groups in total. The Morgan fingerprint density at radius 2 is 1.85 bits per heavy atom. The van der Waals surface area contributed by atoms with Gasteiger partial charge < -0.3 is 5.11 Å². The van der Waals surface area contributed by atoms with Gasteiger partial charge >= 0.3 is 6.18 Å². The van der Waals surface area contributed by atoms with E-state index in [9.17, 15) is 33.2 Å². The minimum atomic E-state index is -4.85. The lowest BCUT2D eigenvalue weighted by molar-refractivity contribution is -0.384. The molecule has 0 radical (unpaired) electrons. The van der Waals surface area contributed by atoms with Crippen molar-refractivity contribution in [1.82, 2.24) is 5.01 Å². The summed E-state index contributed by atoms with van der Waals surface area (Å²) in [5.41, 5.74) is -4.35. The van der Waals surface area contributed by atoms with Crippen LogP contribution in [0, 0.1) is 10.1 Å². The van der Waals surface area contributed by atoms with Crippen molar-refractivity contribution in [3.8, 4) is 0 Å². The highest BCUT2D eigenvalue weighted by Gasteiger charge is 2.53. The van der Waals surface area contributed by atoms with Crippen molar-refractivity contribution < 1.29 is 28.0 Å². The molecule has 10 heteroatoms. The quantitative estimate of drug-likeness (QED) is 0.654. The van der Waals surface area contributed by atoms with E-state index < -0.39 is 40.6 Å². The Labute approximate surface area is 150 Å². The molecule has 1 aliphatic rings. The summed E-state index contributed by atoms with van der Waals surface area (Å²) in [6, 6.07) is 11.8.